The number of alkyl halides is 2. The number of halogens is 3. The molecule has 0 nitrogen and oxygen atoms in total. The number of hydrogen-bond donors (Lipinski definition) is 0. The van der Waals surface area contributed by atoms with Crippen molar-refractivity contribution in [3.63, 3.8) is 0 Å². The summed E-state index contributed by atoms with van der Waals surface area (Å²) in [6.07, 6.45) is 7.46. The molecule has 3 heteroatoms. The van der Waals surface area contributed by atoms with Crippen LogP contribution in [0.15, 0.2) is 24.3 Å². The van der Waals surface area contributed by atoms with E-state index in [2.05, 4.69) is 38.8 Å². The third-order valence-electron chi connectivity index (χ3n) is 3.71. The van der Waals surface area contributed by atoms with Crippen LogP contribution >= 0.6 is 31.9 Å². The Morgan fingerprint density at radius 1 is 1.05 bits per heavy atom. The molecule has 0 N–H and O–H groups in total. The Labute approximate surface area is 133 Å². The van der Waals surface area contributed by atoms with E-state index in [9.17, 15) is 4.39 Å². The smallest absolute Gasteiger partial charge is 0.123 e. The van der Waals surface area contributed by atoms with E-state index in [4.69, 9.17) is 0 Å². The Morgan fingerprint density at radius 2 is 1.74 bits per heavy atom. The van der Waals surface area contributed by atoms with Gasteiger partial charge in [0.1, 0.15) is 5.82 Å². The van der Waals surface area contributed by atoms with Crippen molar-refractivity contribution in [1.29, 1.82) is 0 Å². The summed E-state index contributed by atoms with van der Waals surface area (Å²) in [6.45, 7) is 2.23. The Bertz CT molecular complexity index is 362. The highest BCUT2D eigenvalue weighted by atomic mass is 79.9. The molecule has 0 saturated heterocycles. The maximum atomic E-state index is 13.4. The van der Waals surface area contributed by atoms with Gasteiger partial charge in [-0.15, -0.1) is 0 Å². The first-order valence-corrected chi connectivity index (χ1v) is 9.31. The Morgan fingerprint density at radius 3 is 2.32 bits per heavy atom. The minimum Gasteiger partial charge on any atom is -0.207 e. The second kappa shape index (κ2) is 9.12. The van der Waals surface area contributed by atoms with Crippen LogP contribution in [0, 0.1) is 5.82 Å². The molecule has 108 valence electrons. The molecule has 0 spiro atoms. The molecule has 0 amide bonds. The number of unbranched alkanes of at least 4 members (excludes halogenated alkanes) is 4. The van der Waals surface area contributed by atoms with Crippen molar-refractivity contribution in [2.45, 2.75) is 50.9 Å². The summed E-state index contributed by atoms with van der Waals surface area (Å²) >= 11 is 7.25. The van der Waals surface area contributed by atoms with E-state index < -0.39 is 0 Å². The van der Waals surface area contributed by atoms with Crippen molar-refractivity contribution in [3.05, 3.63) is 35.6 Å². The monoisotopic (exact) mass is 392 g/mol. The zero-order valence-electron chi connectivity index (χ0n) is 11.6. The van der Waals surface area contributed by atoms with Crippen LogP contribution in [0.25, 0.3) is 0 Å². The van der Waals surface area contributed by atoms with Crippen LogP contribution in [0.3, 0.4) is 0 Å². The van der Waals surface area contributed by atoms with Crippen molar-refractivity contribution >= 4 is 31.9 Å². The van der Waals surface area contributed by atoms with Crippen molar-refractivity contribution in [1.82, 2.24) is 0 Å². The highest BCUT2D eigenvalue weighted by molar-refractivity contribution is 9.09. The molecule has 0 aliphatic rings. The second-order valence-corrected chi connectivity index (χ2v) is 6.34. The maximum Gasteiger partial charge on any atom is 0.123 e. The summed E-state index contributed by atoms with van der Waals surface area (Å²) < 4.78 is 13.4. The molecule has 0 radical (unpaired) electrons. The van der Waals surface area contributed by atoms with Crippen LogP contribution in [-0.4, -0.2) is 10.7 Å². The Balaban J connectivity index is 2.68. The van der Waals surface area contributed by atoms with E-state index in [1.807, 2.05) is 12.1 Å². The lowest BCUT2D eigenvalue weighted by molar-refractivity contribution is 0.460. The molecule has 0 atom stereocenters. The SMILES string of the molecule is CCCCCCCC(CBr)(CBr)c1cccc(F)c1. The standard InChI is InChI=1S/C16H23Br2F/c1-2-3-4-5-6-10-16(12-17,13-18)14-8-7-9-15(19)11-14/h7-9,11H,2-6,10,12-13H2,1H3. The van der Waals surface area contributed by atoms with E-state index in [0.717, 1.165) is 22.6 Å². The molecule has 0 aromatic heterocycles. The number of benzene rings is 1. The maximum absolute atomic E-state index is 13.4. The van der Waals surface area contributed by atoms with Gasteiger partial charge < -0.3 is 0 Å². The van der Waals surface area contributed by atoms with Crippen LogP contribution in [0.5, 0.6) is 0 Å². The van der Waals surface area contributed by atoms with Gasteiger partial charge in [0.05, 0.1) is 0 Å². The Kier molecular flexibility index (Phi) is 8.24. The van der Waals surface area contributed by atoms with Crippen LogP contribution in [0.4, 0.5) is 4.39 Å². The molecule has 1 rings (SSSR count). The minimum absolute atomic E-state index is 0.00825. The normalized spacial score (nSPS) is 11.8. The fraction of sp³-hybridized carbons (Fsp3) is 0.625. The van der Waals surface area contributed by atoms with Crippen LogP contribution in [0.1, 0.15) is 51.0 Å². The lowest BCUT2D eigenvalue weighted by Gasteiger charge is -2.31. The van der Waals surface area contributed by atoms with Crippen molar-refractivity contribution in [3.8, 4) is 0 Å². The molecular formula is C16H23Br2F. The third-order valence-corrected chi connectivity index (χ3v) is 5.85. The van der Waals surface area contributed by atoms with E-state index in [1.54, 1.807) is 6.07 Å². The molecule has 0 heterocycles. The molecule has 0 saturated carbocycles. The minimum atomic E-state index is -0.144. The summed E-state index contributed by atoms with van der Waals surface area (Å²) in [4.78, 5) is 0. The average Bonchev–Trinajstić information content (AvgIpc) is 2.43. The second-order valence-electron chi connectivity index (χ2n) is 5.22. The predicted molar refractivity (Wildman–Crippen MR) is 89.0 cm³/mol. The first-order valence-electron chi connectivity index (χ1n) is 7.06. The van der Waals surface area contributed by atoms with E-state index in [-0.39, 0.29) is 11.2 Å². The summed E-state index contributed by atoms with van der Waals surface area (Å²) in [7, 11) is 0. The molecule has 0 aliphatic carbocycles. The molecule has 1 aromatic rings. The highest BCUT2D eigenvalue weighted by Crippen LogP contribution is 2.34. The number of hydrogen-bond acceptors (Lipinski definition) is 0. The van der Waals surface area contributed by atoms with Gasteiger partial charge in [-0.25, -0.2) is 4.39 Å². The largest absolute Gasteiger partial charge is 0.207 e. The van der Waals surface area contributed by atoms with Crippen LogP contribution in [-0.2, 0) is 5.41 Å². The molecule has 0 unspecified atom stereocenters. The lowest BCUT2D eigenvalue weighted by atomic mass is 9.80. The summed E-state index contributed by atoms with van der Waals surface area (Å²) in [6, 6.07) is 7.03. The van der Waals surface area contributed by atoms with Crippen LogP contribution < -0.4 is 0 Å². The molecular weight excluding hydrogens is 371 g/mol. The van der Waals surface area contributed by atoms with Gasteiger partial charge in [0, 0.05) is 16.1 Å². The number of rotatable bonds is 9. The molecule has 1 aromatic carbocycles. The predicted octanol–water partition coefficient (Wildman–Crippen LogP) is 6.21. The van der Waals surface area contributed by atoms with Crippen LogP contribution in [0.2, 0.25) is 0 Å². The molecule has 0 aliphatic heterocycles. The van der Waals surface area contributed by atoms with E-state index in [1.165, 1.54) is 38.2 Å². The summed E-state index contributed by atoms with van der Waals surface area (Å²) in [5, 5.41) is 1.73. The van der Waals surface area contributed by atoms with Gasteiger partial charge in [0.25, 0.3) is 0 Å². The first kappa shape index (κ1) is 17.2. The summed E-state index contributed by atoms with van der Waals surface area (Å²) in [5.41, 5.74) is 1.10. The van der Waals surface area contributed by atoms with E-state index >= 15 is 0 Å². The zero-order valence-corrected chi connectivity index (χ0v) is 14.8. The van der Waals surface area contributed by atoms with Crippen molar-refractivity contribution < 1.29 is 4.39 Å². The van der Waals surface area contributed by atoms with Gasteiger partial charge in [-0.1, -0.05) is 83.0 Å². The Hall–Kier alpha value is 0.110. The van der Waals surface area contributed by atoms with Gasteiger partial charge in [0.15, 0.2) is 0 Å². The third kappa shape index (κ3) is 5.18. The molecule has 0 fully saturated rings. The average molecular weight is 394 g/mol. The highest BCUT2D eigenvalue weighted by Gasteiger charge is 2.29. The van der Waals surface area contributed by atoms with Gasteiger partial charge in [-0.05, 0) is 24.1 Å². The van der Waals surface area contributed by atoms with Gasteiger partial charge in [-0.2, -0.15) is 0 Å². The van der Waals surface area contributed by atoms with Crippen molar-refractivity contribution in [2.24, 2.45) is 0 Å². The van der Waals surface area contributed by atoms with Crippen molar-refractivity contribution in [2.75, 3.05) is 10.7 Å². The van der Waals surface area contributed by atoms with Gasteiger partial charge >= 0.3 is 0 Å². The fourth-order valence-electron chi connectivity index (χ4n) is 2.35. The lowest BCUT2D eigenvalue weighted by Crippen LogP contribution is -2.30. The quantitative estimate of drug-likeness (QED) is 0.345. The fourth-order valence-corrected chi connectivity index (χ4v) is 4.49. The zero-order chi connectivity index (χ0) is 14.1. The van der Waals surface area contributed by atoms with Gasteiger partial charge in [-0.3, -0.25) is 0 Å². The topological polar surface area (TPSA) is 0 Å². The van der Waals surface area contributed by atoms with Gasteiger partial charge in [0.2, 0.25) is 0 Å². The van der Waals surface area contributed by atoms with E-state index in [0.29, 0.717) is 0 Å². The first-order chi connectivity index (χ1) is 9.18. The summed E-state index contributed by atoms with van der Waals surface area (Å²) in [5.74, 6) is -0.144. The molecule has 19 heavy (non-hydrogen) atoms. The molecule has 0 bridgehead atoms.